The van der Waals surface area contributed by atoms with E-state index < -0.39 is 0 Å². The van der Waals surface area contributed by atoms with Crippen LogP contribution in [0.25, 0.3) is 0 Å². The zero-order valence-corrected chi connectivity index (χ0v) is 11.9. The zero-order valence-electron chi connectivity index (χ0n) is 11.1. The molecular weight excluding hydrogens is 254 g/mol. The van der Waals surface area contributed by atoms with Crippen molar-refractivity contribution >= 4 is 24.2 Å². The summed E-state index contributed by atoms with van der Waals surface area (Å²) in [6.45, 7) is 6.25. The van der Waals surface area contributed by atoms with Gasteiger partial charge in [0.1, 0.15) is 0 Å². The van der Waals surface area contributed by atoms with Gasteiger partial charge in [-0.25, -0.2) is 0 Å². The zero-order chi connectivity index (χ0) is 12.7. The van der Waals surface area contributed by atoms with E-state index in [2.05, 4.69) is 16.0 Å². The van der Waals surface area contributed by atoms with Crippen molar-refractivity contribution < 1.29 is 9.59 Å². The highest BCUT2D eigenvalue weighted by atomic mass is 35.5. The fourth-order valence-corrected chi connectivity index (χ4v) is 1.84. The van der Waals surface area contributed by atoms with Gasteiger partial charge in [-0.1, -0.05) is 13.8 Å². The summed E-state index contributed by atoms with van der Waals surface area (Å²) in [6, 6.07) is 0.258. The number of carbonyl (C=O) groups excluding carboxylic acids is 2. The quantitative estimate of drug-likeness (QED) is 0.660. The Balaban J connectivity index is 0.00000289. The van der Waals surface area contributed by atoms with Crippen LogP contribution < -0.4 is 16.0 Å². The molecule has 0 bridgehead atoms. The van der Waals surface area contributed by atoms with Crippen LogP contribution in [-0.4, -0.2) is 37.5 Å². The first-order valence-corrected chi connectivity index (χ1v) is 6.34. The van der Waals surface area contributed by atoms with E-state index in [1.165, 1.54) is 0 Å². The molecule has 106 valence electrons. The first kappa shape index (κ1) is 17.2. The van der Waals surface area contributed by atoms with Crippen LogP contribution in [0.4, 0.5) is 0 Å². The number of amides is 2. The summed E-state index contributed by atoms with van der Waals surface area (Å²) >= 11 is 0. The van der Waals surface area contributed by atoms with Crippen LogP contribution in [0.1, 0.15) is 33.1 Å². The molecule has 0 aromatic carbocycles. The fraction of sp³-hybridized carbons (Fsp3) is 0.833. The van der Waals surface area contributed by atoms with Gasteiger partial charge in [-0.3, -0.25) is 9.59 Å². The Hall–Kier alpha value is -0.810. The molecule has 1 fully saturated rings. The second-order valence-electron chi connectivity index (χ2n) is 4.96. The van der Waals surface area contributed by atoms with Crippen molar-refractivity contribution in [2.24, 2.45) is 5.92 Å². The Morgan fingerprint density at radius 2 is 2.06 bits per heavy atom. The van der Waals surface area contributed by atoms with Crippen LogP contribution in [0.3, 0.4) is 0 Å². The number of carbonyl (C=O) groups is 2. The van der Waals surface area contributed by atoms with Crippen molar-refractivity contribution in [2.75, 3.05) is 19.6 Å². The predicted molar refractivity (Wildman–Crippen MR) is 73.7 cm³/mol. The maximum atomic E-state index is 11.5. The Bertz CT molecular complexity index is 266. The molecule has 0 radical (unpaired) electrons. The summed E-state index contributed by atoms with van der Waals surface area (Å²) in [5.41, 5.74) is 0. The number of hydrogen-bond donors (Lipinski definition) is 3. The van der Waals surface area contributed by atoms with Crippen LogP contribution >= 0.6 is 12.4 Å². The molecule has 0 aromatic rings. The third-order valence-corrected chi connectivity index (χ3v) is 2.69. The van der Waals surface area contributed by atoms with Gasteiger partial charge in [0.25, 0.3) is 0 Å². The van der Waals surface area contributed by atoms with E-state index in [9.17, 15) is 9.59 Å². The molecule has 6 heteroatoms. The van der Waals surface area contributed by atoms with Gasteiger partial charge in [0, 0.05) is 32.0 Å². The van der Waals surface area contributed by atoms with Crippen molar-refractivity contribution in [3.8, 4) is 0 Å². The maximum Gasteiger partial charge on any atom is 0.222 e. The molecule has 5 nitrogen and oxygen atoms in total. The molecule has 1 rings (SSSR count). The topological polar surface area (TPSA) is 70.2 Å². The van der Waals surface area contributed by atoms with Gasteiger partial charge in [-0.15, -0.1) is 12.4 Å². The minimum absolute atomic E-state index is 0. The highest BCUT2D eigenvalue weighted by Gasteiger charge is 2.16. The highest BCUT2D eigenvalue weighted by Crippen LogP contribution is 1.99. The molecule has 1 aliphatic heterocycles. The van der Waals surface area contributed by atoms with E-state index in [1.807, 2.05) is 13.8 Å². The van der Waals surface area contributed by atoms with Gasteiger partial charge in [-0.05, 0) is 18.9 Å². The van der Waals surface area contributed by atoms with Crippen molar-refractivity contribution in [3.63, 3.8) is 0 Å². The normalized spacial score (nSPS) is 18.3. The Labute approximate surface area is 115 Å². The monoisotopic (exact) mass is 277 g/mol. The molecule has 0 aromatic heterocycles. The summed E-state index contributed by atoms with van der Waals surface area (Å²) in [6.07, 6.45) is 1.87. The van der Waals surface area contributed by atoms with Gasteiger partial charge < -0.3 is 16.0 Å². The average Bonchev–Trinajstić information content (AvgIpc) is 2.69. The third-order valence-electron chi connectivity index (χ3n) is 2.69. The largest absolute Gasteiger partial charge is 0.356 e. The highest BCUT2D eigenvalue weighted by molar-refractivity contribution is 5.85. The molecule has 0 saturated carbocycles. The van der Waals surface area contributed by atoms with Gasteiger partial charge in [0.05, 0.1) is 0 Å². The van der Waals surface area contributed by atoms with Gasteiger partial charge in [0.15, 0.2) is 0 Å². The first-order chi connectivity index (χ1) is 8.08. The molecule has 1 unspecified atom stereocenters. The summed E-state index contributed by atoms with van der Waals surface area (Å²) in [5, 5.41) is 8.88. The van der Waals surface area contributed by atoms with Gasteiger partial charge in [-0.2, -0.15) is 0 Å². The van der Waals surface area contributed by atoms with Crippen molar-refractivity contribution in [2.45, 2.75) is 39.2 Å². The summed E-state index contributed by atoms with van der Waals surface area (Å²) in [5.74, 6) is 0.396. The SMILES string of the molecule is CC(C)CC(=O)NCCC(=O)NC1CCNC1.Cl. The predicted octanol–water partition coefficient (Wildman–Crippen LogP) is 0.439. The van der Waals surface area contributed by atoms with Crippen molar-refractivity contribution in [1.82, 2.24) is 16.0 Å². The molecule has 18 heavy (non-hydrogen) atoms. The van der Waals surface area contributed by atoms with Crippen molar-refractivity contribution in [3.05, 3.63) is 0 Å². The second kappa shape index (κ2) is 9.16. The Kier molecular flexibility index (Phi) is 8.75. The second-order valence-corrected chi connectivity index (χ2v) is 4.96. The standard InChI is InChI=1S/C12H23N3O2.ClH/c1-9(2)7-12(17)14-6-4-11(16)15-10-3-5-13-8-10;/h9-10,13H,3-8H2,1-2H3,(H,14,17)(H,15,16);1H. The minimum atomic E-state index is 0. The number of rotatable bonds is 6. The lowest BCUT2D eigenvalue weighted by molar-refractivity contribution is -0.122. The van der Waals surface area contributed by atoms with Gasteiger partial charge in [0.2, 0.25) is 11.8 Å². The Morgan fingerprint density at radius 1 is 1.33 bits per heavy atom. The lowest BCUT2D eigenvalue weighted by Gasteiger charge is -2.11. The molecule has 3 N–H and O–H groups in total. The number of halogens is 1. The third kappa shape index (κ3) is 7.50. The molecule has 0 spiro atoms. The van der Waals surface area contributed by atoms with E-state index in [-0.39, 0.29) is 30.3 Å². The van der Waals surface area contributed by atoms with Gasteiger partial charge >= 0.3 is 0 Å². The smallest absolute Gasteiger partial charge is 0.222 e. The van der Waals surface area contributed by atoms with E-state index in [0.717, 1.165) is 19.5 Å². The summed E-state index contributed by atoms with van der Waals surface area (Å²) in [4.78, 5) is 22.8. The van der Waals surface area contributed by atoms with Crippen LogP contribution in [0.15, 0.2) is 0 Å². The molecule has 0 aliphatic carbocycles. The van der Waals surface area contributed by atoms with E-state index in [4.69, 9.17) is 0 Å². The number of hydrogen-bond acceptors (Lipinski definition) is 3. The van der Waals surface area contributed by atoms with Crippen LogP contribution in [0.5, 0.6) is 0 Å². The van der Waals surface area contributed by atoms with E-state index in [0.29, 0.717) is 25.3 Å². The lowest BCUT2D eigenvalue weighted by atomic mass is 10.1. The van der Waals surface area contributed by atoms with E-state index >= 15 is 0 Å². The minimum Gasteiger partial charge on any atom is -0.356 e. The van der Waals surface area contributed by atoms with Crippen molar-refractivity contribution in [1.29, 1.82) is 0 Å². The van der Waals surface area contributed by atoms with Crippen LogP contribution in [0, 0.1) is 5.92 Å². The molecular formula is C12H24ClN3O2. The average molecular weight is 278 g/mol. The van der Waals surface area contributed by atoms with Crippen LogP contribution in [0.2, 0.25) is 0 Å². The van der Waals surface area contributed by atoms with E-state index in [1.54, 1.807) is 0 Å². The molecule has 1 atom stereocenters. The molecule has 1 saturated heterocycles. The Morgan fingerprint density at radius 3 is 2.61 bits per heavy atom. The summed E-state index contributed by atoms with van der Waals surface area (Å²) < 4.78 is 0. The molecule has 2 amide bonds. The fourth-order valence-electron chi connectivity index (χ4n) is 1.84. The molecule has 1 aliphatic rings. The summed E-state index contributed by atoms with van der Waals surface area (Å²) in [7, 11) is 0. The number of nitrogens with one attached hydrogen (secondary N) is 3. The van der Waals surface area contributed by atoms with Crippen LogP contribution in [-0.2, 0) is 9.59 Å². The maximum absolute atomic E-state index is 11.5. The first-order valence-electron chi connectivity index (χ1n) is 6.34. The molecule has 1 heterocycles. The lowest BCUT2D eigenvalue weighted by Crippen LogP contribution is -2.38.